The van der Waals surface area contributed by atoms with Gasteiger partial charge in [-0.15, -0.1) is 0 Å². The molecule has 0 radical (unpaired) electrons. The highest BCUT2D eigenvalue weighted by atomic mass is 79.9. The van der Waals surface area contributed by atoms with Gasteiger partial charge in [0.05, 0.1) is 0 Å². The van der Waals surface area contributed by atoms with Crippen molar-refractivity contribution in [2.75, 3.05) is 0 Å². The molecule has 19 heavy (non-hydrogen) atoms. The van der Waals surface area contributed by atoms with Crippen molar-refractivity contribution in [3.63, 3.8) is 0 Å². The average molecular weight is 330 g/mol. The molecule has 1 nitrogen and oxygen atoms in total. The Bertz CT molecular complexity index is 587. The Labute approximate surface area is 117 Å². The van der Waals surface area contributed by atoms with Gasteiger partial charge in [0.25, 0.3) is 0 Å². The van der Waals surface area contributed by atoms with E-state index in [-0.39, 0.29) is 12.1 Å². The second kappa shape index (κ2) is 6.21. The summed E-state index contributed by atoms with van der Waals surface area (Å²) in [6.07, 6.45) is 0. The van der Waals surface area contributed by atoms with Crippen LogP contribution in [0.1, 0.15) is 11.1 Å². The first-order valence-corrected chi connectivity index (χ1v) is 6.44. The van der Waals surface area contributed by atoms with E-state index in [1.165, 1.54) is 0 Å². The Morgan fingerprint density at radius 3 is 2.37 bits per heavy atom. The molecule has 0 spiro atoms. The second-order valence-electron chi connectivity index (χ2n) is 4.09. The molecule has 0 unspecified atom stereocenters. The Hall–Kier alpha value is -1.33. The number of hydrogen-bond donors (Lipinski definition) is 1. The molecule has 0 saturated carbocycles. The summed E-state index contributed by atoms with van der Waals surface area (Å²) < 4.78 is 40.1. The van der Waals surface area contributed by atoms with Gasteiger partial charge >= 0.3 is 0 Å². The minimum Gasteiger partial charge on any atom is -0.309 e. The lowest BCUT2D eigenvalue weighted by atomic mass is 10.2. The quantitative estimate of drug-likeness (QED) is 0.830. The van der Waals surface area contributed by atoms with Crippen LogP contribution in [0.2, 0.25) is 0 Å². The van der Waals surface area contributed by atoms with Gasteiger partial charge < -0.3 is 5.32 Å². The van der Waals surface area contributed by atoms with E-state index in [1.54, 1.807) is 0 Å². The van der Waals surface area contributed by atoms with E-state index in [1.807, 2.05) is 24.3 Å². The van der Waals surface area contributed by atoms with Crippen LogP contribution in [0.15, 0.2) is 40.9 Å². The summed E-state index contributed by atoms with van der Waals surface area (Å²) in [5.74, 6) is -2.96. The van der Waals surface area contributed by atoms with Crippen LogP contribution >= 0.6 is 15.9 Å². The Morgan fingerprint density at radius 2 is 1.63 bits per heavy atom. The first-order chi connectivity index (χ1) is 9.06. The summed E-state index contributed by atoms with van der Waals surface area (Å²) >= 11 is 3.35. The lowest BCUT2D eigenvalue weighted by molar-refractivity contribution is 0.487. The van der Waals surface area contributed by atoms with Crippen LogP contribution in [0.5, 0.6) is 0 Å². The zero-order valence-corrected chi connectivity index (χ0v) is 11.5. The number of rotatable bonds is 4. The molecule has 2 aromatic carbocycles. The van der Waals surface area contributed by atoms with E-state index in [2.05, 4.69) is 21.2 Å². The molecule has 0 aliphatic heterocycles. The fourth-order valence-electron chi connectivity index (χ4n) is 1.69. The van der Waals surface area contributed by atoms with Crippen LogP contribution in [-0.2, 0) is 13.1 Å². The predicted molar refractivity (Wildman–Crippen MR) is 71.0 cm³/mol. The van der Waals surface area contributed by atoms with Gasteiger partial charge in [-0.2, -0.15) is 0 Å². The van der Waals surface area contributed by atoms with Gasteiger partial charge in [0.15, 0.2) is 11.6 Å². The smallest absolute Gasteiger partial charge is 0.161 e. The molecule has 100 valence electrons. The summed E-state index contributed by atoms with van der Waals surface area (Å²) in [7, 11) is 0. The van der Waals surface area contributed by atoms with Crippen molar-refractivity contribution in [1.29, 1.82) is 0 Å². The molecule has 0 amide bonds. The molecule has 1 N–H and O–H groups in total. The first-order valence-electron chi connectivity index (χ1n) is 5.65. The highest BCUT2D eigenvalue weighted by Gasteiger charge is 2.09. The maximum Gasteiger partial charge on any atom is 0.161 e. The molecule has 0 heterocycles. The molecular weight excluding hydrogens is 319 g/mol. The molecular formula is C14H11BrF3N. The number of hydrogen-bond acceptors (Lipinski definition) is 1. The van der Waals surface area contributed by atoms with Gasteiger partial charge in [-0.25, -0.2) is 13.2 Å². The Morgan fingerprint density at radius 1 is 0.895 bits per heavy atom. The normalized spacial score (nSPS) is 10.7. The van der Waals surface area contributed by atoms with E-state index < -0.39 is 17.5 Å². The third kappa shape index (κ3) is 3.81. The Balaban J connectivity index is 1.98. The third-order valence-electron chi connectivity index (χ3n) is 2.62. The maximum absolute atomic E-state index is 13.4. The number of halogens is 4. The van der Waals surface area contributed by atoms with Gasteiger partial charge in [-0.3, -0.25) is 0 Å². The van der Waals surface area contributed by atoms with Gasteiger partial charge in [0.2, 0.25) is 0 Å². The lowest BCUT2D eigenvalue weighted by Gasteiger charge is -2.07. The maximum atomic E-state index is 13.4. The molecule has 2 rings (SSSR count). The van der Waals surface area contributed by atoms with Crippen LogP contribution in [0.25, 0.3) is 0 Å². The van der Waals surface area contributed by atoms with Crippen LogP contribution in [0.3, 0.4) is 0 Å². The fraction of sp³-hybridized carbons (Fsp3) is 0.143. The van der Waals surface area contributed by atoms with Crippen molar-refractivity contribution in [1.82, 2.24) is 5.32 Å². The molecule has 0 aliphatic rings. The van der Waals surface area contributed by atoms with Crippen LogP contribution in [-0.4, -0.2) is 0 Å². The summed E-state index contributed by atoms with van der Waals surface area (Å²) in [6.45, 7) is 0.646. The molecule has 5 heteroatoms. The van der Waals surface area contributed by atoms with E-state index >= 15 is 0 Å². The van der Waals surface area contributed by atoms with E-state index in [0.717, 1.165) is 16.1 Å². The van der Waals surface area contributed by atoms with Crippen molar-refractivity contribution >= 4 is 15.9 Å². The average Bonchev–Trinajstić information content (AvgIpc) is 2.35. The largest absolute Gasteiger partial charge is 0.309 e. The second-order valence-corrected chi connectivity index (χ2v) is 5.01. The topological polar surface area (TPSA) is 12.0 Å². The highest BCUT2D eigenvalue weighted by molar-refractivity contribution is 9.10. The van der Waals surface area contributed by atoms with Crippen molar-refractivity contribution in [2.45, 2.75) is 13.1 Å². The van der Waals surface area contributed by atoms with Crippen molar-refractivity contribution in [3.05, 3.63) is 69.4 Å². The minimum absolute atomic E-state index is 0.105. The van der Waals surface area contributed by atoms with Gasteiger partial charge in [-0.1, -0.05) is 28.1 Å². The molecule has 0 bridgehead atoms. The van der Waals surface area contributed by atoms with Crippen molar-refractivity contribution in [3.8, 4) is 0 Å². The van der Waals surface area contributed by atoms with Gasteiger partial charge in [0.1, 0.15) is 5.82 Å². The van der Waals surface area contributed by atoms with Crippen molar-refractivity contribution < 1.29 is 13.2 Å². The van der Waals surface area contributed by atoms with E-state index in [0.29, 0.717) is 12.6 Å². The van der Waals surface area contributed by atoms with E-state index in [9.17, 15) is 13.2 Å². The van der Waals surface area contributed by atoms with E-state index in [4.69, 9.17) is 0 Å². The molecule has 2 aromatic rings. The van der Waals surface area contributed by atoms with Gasteiger partial charge in [0, 0.05) is 29.2 Å². The molecule has 0 aliphatic carbocycles. The standard InChI is InChI=1S/C14H11BrF3N/c15-11-3-1-2-9(4-11)7-19-8-10-5-13(17)14(18)6-12(10)16/h1-6,19H,7-8H2. The molecule has 0 atom stereocenters. The predicted octanol–water partition coefficient (Wildman–Crippen LogP) is 4.16. The number of nitrogens with one attached hydrogen (secondary N) is 1. The Kier molecular flexibility index (Phi) is 4.61. The monoisotopic (exact) mass is 329 g/mol. The summed E-state index contributed by atoms with van der Waals surface area (Å²) in [5, 5.41) is 2.98. The third-order valence-corrected chi connectivity index (χ3v) is 3.12. The van der Waals surface area contributed by atoms with Crippen LogP contribution in [0.4, 0.5) is 13.2 Å². The summed E-state index contributed by atoms with van der Waals surface area (Å²) in [5.41, 5.74) is 1.12. The fourth-order valence-corrected chi connectivity index (χ4v) is 2.13. The van der Waals surface area contributed by atoms with Crippen LogP contribution < -0.4 is 5.32 Å². The molecule has 0 fully saturated rings. The number of benzene rings is 2. The van der Waals surface area contributed by atoms with Crippen LogP contribution in [0, 0.1) is 17.5 Å². The summed E-state index contributed by atoms with van der Waals surface area (Å²) in [4.78, 5) is 0. The summed E-state index contributed by atoms with van der Waals surface area (Å²) in [6, 6.07) is 9.07. The zero-order chi connectivity index (χ0) is 13.8. The molecule has 0 aromatic heterocycles. The van der Waals surface area contributed by atoms with Gasteiger partial charge in [-0.05, 0) is 23.8 Å². The SMILES string of the molecule is Fc1cc(F)c(CNCc2cccc(Br)c2)cc1F. The molecule has 0 saturated heterocycles. The lowest BCUT2D eigenvalue weighted by Crippen LogP contribution is -2.14. The highest BCUT2D eigenvalue weighted by Crippen LogP contribution is 2.14. The first kappa shape index (κ1) is 14.1. The minimum atomic E-state index is -1.17. The van der Waals surface area contributed by atoms with Crippen molar-refractivity contribution in [2.24, 2.45) is 0 Å². The zero-order valence-electron chi connectivity index (χ0n) is 9.89.